The molecule has 1 heterocycles. The third kappa shape index (κ3) is 5.23. The van der Waals surface area contributed by atoms with E-state index in [1.807, 2.05) is 0 Å². The molecule has 0 radical (unpaired) electrons. The maximum atomic E-state index is 13.9. The van der Waals surface area contributed by atoms with E-state index in [1.165, 1.54) is 23.1 Å². The molecule has 1 aliphatic heterocycles. The summed E-state index contributed by atoms with van der Waals surface area (Å²) in [6, 6.07) is 7.65. The molecule has 3 rings (SSSR count). The van der Waals surface area contributed by atoms with Gasteiger partial charge in [0.15, 0.2) is 0 Å². The molecule has 2 aromatic rings. The van der Waals surface area contributed by atoms with Crippen LogP contribution in [0.3, 0.4) is 0 Å². The predicted octanol–water partition coefficient (Wildman–Crippen LogP) is 1.76. The molecular formula is C20H20F3N3O4S. The fourth-order valence-electron chi connectivity index (χ4n) is 3.18. The zero-order valence-electron chi connectivity index (χ0n) is 16.4. The number of benzene rings is 2. The summed E-state index contributed by atoms with van der Waals surface area (Å²) in [5.41, 5.74) is -0.333. The molecule has 11 heteroatoms. The Labute approximate surface area is 177 Å². The van der Waals surface area contributed by atoms with Crippen LogP contribution in [0.15, 0.2) is 47.4 Å². The second-order valence-electron chi connectivity index (χ2n) is 6.85. The number of rotatable bonds is 6. The molecule has 0 unspecified atom stereocenters. The number of amides is 2. The molecule has 0 bridgehead atoms. The molecule has 2 amide bonds. The van der Waals surface area contributed by atoms with Gasteiger partial charge < -0.3 is 10.2 Å². The molecule has 1 N–H and O–H groups in total. The molecule has 1 fully saturated rings. The lowest BCUT2D eigenvalue weighted by molar-refractivity contribution is -0.132. The van der Waals surface area contributed by atoms with Crippen molar-refractivity contribution in [3.63, 3.8) is 0 Å². The van der Waals surface area contributed by atoms with Crippen molar-refractivity contribution in [1.82, 2.24) is 14.5 Å². The van der Waals surface area contributed by atoms with Gasteiger partial charge >= 0.3 is 0 Å². The van der Waals surface area contributed by atoms with Crippen molar-refractivity contribution < 1.29 is 31.2 Å². The summed E-state index contributed by atoms with van der Waals surface area (Å²) in [6.45, 7) is 0.188. The van der Waals surface area contributed by atoms with E-state index in [0.717, 1.165) is 22.5 Å². The van der Waals surface area contributed by atoms with Gasteiger partial charge in [0.1, 0.15) is 22.3 Å². The van der Waals surface area contributed by atoms with Gasteiger partial charge in [0.25, 0.3) is 5.91 Å². The molecule has 7 nitrogen and oxygen atoms in total. The first-order chi connectivity index (χ1) is 14.7. The summed E-state index contributed by atoms with van der Waals surface area (Å²) >= 11 is 0. The Hall–Kier alpha value is -2.92. The number of halogens is 3. The lowest BCUT2D eigenvalue weighted by Crippen LogP contribution is -2.51. The normalized spacial score (nSPS) is 15.0. The fraction of sp³-hybridized carbons (Fsp3) is 0.300. The van der Waals surface area contributed by atoms with Crippen LogP contribution in [-0.2, 0) is 14.8 Å². The first-order valence-corrected chi connectivity index (χ1v) is 10.9. The minimum Gasteiger partial charge on any atom is -0.351 e. The Morgan fingerprint density at radius 2 is 1.61 bits per heavy atom. The van der Waals surface area contributed by atoms with E-state index in [-0.39, 0.29) is 50.6 Å². The Bertz CT molecular complexity index is 1090. The van der Waals surface area contributed by atoms with Gasteiger partial charge in [-0.3, -0.25) is 9.59 Å². The summed E-state index contributed by atoms with van der Waals surface area (Å²) in [7, 11) is -4.01. The average Bonchev–Trinajstić information content (AvgIpc) is 2.73. The molecule has 0 aromatic heterocycles. The number of hydrogen-bond donors (Lipinski definition) is 1. The van der Waals surface area contributed by atoms with Crippen molar-refractivity contribution in [3.05, 3.63) is 65.5 Å². The smallest absolute Gasteiger partial charge is 0.254 e. The van der Waals surface area contributed by atoms with Crippen LogP contribution >= 0.6 is 0 Å². The number of hydrogen-bond acceptors (Lipinski definition) is 4. The van der Waals surface area contributed by atoms with Crippen LogP contribution in [-0.4, -0.2) is 62.2 Å². The molecule has 0 spiro atoms. The first-order valence-electron chi connectivity index (χ1n) is 9.46. The van der Waals surface area contributed by atoms with Crippen LogP contribution in [0, 0.1) is 17.5 Å². The Morgan fingerprint density at radius 3 is 2.26 bits per heavy atom. The van der Waals surface area contributed by atoms with Crippen LogP contribution < -0.4 is 5.32 Å². The van der Waals surface area contributed by atoms with Crippen molar-refractivity contribution in [2.75, 3.05) is 32.7 Å². The van der Waals surface area contributed by atoms with Crippen LogP contribution in [0.25, 0.3) is 0 Å². The Kier molecular flexibility index (Phi) is 6.96. The number of carbonyl (C=O) groups excluding carboxylic acids is 2. The van der Waals surface area contributed by atoms with E-state index in [2.05, 4.69) is 5.32 Å². The van der Waals surface area contributed by atoms with E-state index in [0.29, 0.717) is 6.07 Å². The second kappa shape index (κ2) is 9.48. The minimum absolute atomic E-state index is 0.00948. The summed E-state index contributed by atoms with van der Waals surface area (Å²) in [5.74, 6) is -3.74. The van der Waals surface area contributed by atoms with E-state index in [4.69, 9.17) is 0 Å². The van der Waals surface area contributed by atoms with Crippen molar-refractivity contribution in [1.29, 1.82) is 0 Å². The minimum atomic E-state index is -4.01. The number of nitrogens with zero attached hydrogens (tertiary/aromatic N) is 2. The molecular weight excluding hydrogens is 435 g/mol. The van der Waals surface area contributed by atoms with Gasteiger partial charge in [-0.25, -0.2) is 21.6 Å². The zero-order valence-corrected chi connectivity index (χ0v) is 17.2. The van der Waals surface area contributed by atoms with E-state index in [9.17, 15) is 31.2 Å². The van der Waals surface area contributed by atoms with Gasteiger partial charge in [0.05, 0.1) is 5.56 Å². The molecule has 0 aliphatic carbocycles. The number of sulfonamides is 1. The summed E-state index contributed by atoms with van der Waals surface area (Å²) < 4.78 is 66.7. The van der Waals surface area contributed by atoms with Gasteiger partial charge in [-0.05, 0) is 24.3 Å². The summed E-state index contributed by atoms with van der Waals surface area (Å²) in [6.07, 6.45) is -0.0748. The third-order valence-electron chi connectivity index (χ3n) is 4.85. The number of nitrogens with one attached hydrogen (secondary N) is 1. The van der Waals surface area contributed by atoms with Crippen molar-refractivity contribution in [3.8, 4) is 0 Å². The quantitative estimate of drug-likeness (QED) is 0.719. The molecule has 31 heavy (non-hydrogen) atoms. The largest absolute Gasteiger partial charge is 0.351 e. The summed E-state index contributed by atoms with van der Waals surface area (Å²) in [5, 5.41) is 2.39. The van der Waals surface area contributed by atoms with Crippen LogP contribution in [0.1, 0.15) is 16.8 Å². The Balaban J connectivity index is 1.49. The third-order valence-corrected chi connectivity index (χ3v) is 6.78. The van der Waals surface area contributed by atoms with Gasteiger partial charge in [0.2, 0.25) is 15.9 Å². The van der Waals surface area contributed by atoms with Crippen molar-refractivity contribution in [2.24, 2.45) is 0 Å². The summed E-state index contributed by atoms with van der Waals surface area (Å²) in [4.78, 5) is 25.3. The SMILES string of the molecule is O=C(NCCC(=O)N1CCN(S(=O)(=O)c2ccccc2F)CC1)c1ccc(F)cc1F. The highest BCUT2D eigenvalue weighted by molar-refractivity contribution is 7.89. The average molecular weight is 455 g/mol. The second-order valence-corrected chi connectivity index (χ2v) is 8.75. The number of piperazine rings is 1. The molecule has 0 atom stereocenters. The predicted molar refractivity (Wildman–Crippen MR) is 105 cm³/mol. The molecule has 1 aliphatic rings. The molecule has 166 valence electrons. The van der Waals surface area contributed by atoms with Gasteiger partial charge in [-0.15, -0.1) is 0 Å². The highest BCUT2D eigenvalue weighted by atomic mass is 32.2. The van der Waals surface area contributed by atoms with Crippen molar-refractivity contribution >= 4 is 21.8 Å². The zero-order chi connectivity index (χ0) is 22.6. The highest BCUT2D eigenvalue weighted by Crippen LogP contribution is 2.20. The van der Waals surface area contributed by atoms with Gasteiger partial charge in [-0.1, -0.05) is 12.1 Å². The molecule has 1 saturated heterocycles. The van der Waals surface area contributed by atoms with E-state index >= 15 is 0 Å². The van der Waals surface area contributed by atoms with Crippen molar-refractivity contribution in [2.45, 2.75) is 11.3 Å². The molecule has 0 saturated carbocycles. The van der Waals surface area contributed by atoms with E-state index in [1.54, 1.807) is 0 Å². The fourth-order valence-corrected chi connectivity index (χ4v) is 4.67. The lowest BCUT2D eigenvalue weighted by Gasteiger charge is -2.34. The van der Waals surface area contributed by atoms with Crippen LogP contribution in [0.2, 0.25) is 0 Å². The standard InChI is InChI=1S/C20H20F3N3O4S/c21-14-5-6-15(17(23)13-14)20(28)24-8-7-19(27)25-9-11-26(12-10-25)31(29,30)18-4-2-1-3-16(18)22/h1-6,13H,7-12H2,(H,24,28). The monoisotopic (exact) mass is 455 g/mol. The topological polar surface area (TPSA) is 86.8 Å². The first kappa shape index (κ1) is 22.8. The number of carbonyl (C=O) groups is 2. The lowest BCUT2D eigenvalue weighted by atomic mass is 10.2. The van der Waals surface area contributed by atoms with E-state index < -0.39 is 38.3 Å². The van der Waals surface area contributed by atoms with Crippen LogP contribution in [0.4, 0.5) is 13.2 Å². The maximum Gasteiger partial charge on any atom is 0.254 e. The van der Waals surface area contributed by atoms with Gasteiger partial charge in [0, 0.05) is 45.2 Å². The maximum absolute atomic E-state index is 13.9. The van der Waals surface area contributed by atoms with Gasteiger partial charge in [-0.2, -0.15) is 4.31 Å². The highest BCUT2D eigenvalue weighted by Gasteiger charge is 2.31. The molecule has 2 aromatic carbocycles. The van der Waals surface area contributed by atoms with Crippen LogP contribution in [0.5, 0.6) is 0 Å². The Morgan fingerprint density at radius 1 is 0.935 bits per heavy atom.